The molecule has 0 saturated carbocycles. The molecule has 0 spiro atoms. The molecule has 170 valence electrons. The van der Waals surface area contributed by atoms with E-state index in [1.54, 1.807) is 35.4 Å². The molecule has 6 nitrogen and oxygen atoms in total. The van der Waals surface area contributed by atoms with Gasteiger partial charge in [0.25, 0.3) is 0 Å². The van der Waals surface area contributed by atoms with E-state index in [9.17, 15) is 4.79 Å². The Hall–Kier alpha value is -3.59. The van der Waals surface area contributed by atoms with Gasteiger partial charge in [0.2, 0.25) is 5.75 Å². The quantitative estimate of drug-likeness (QED) is 0.300. The highest BCUT2D eigenvalue weighted by atomic mass is 16.5. The lowest BCUT2D eigenvalue weighted by atomic mass is 9.97. The van der Waals surface area contributed by atoms with Gasteiger partial charge in [0.1, 0.15) is 5.75 Å². The normalized spacial score (nSPS) is 9.91. The summed E-state index contributed by atoms with van der Waals surface area (Å²) in [7, 11) is 6.32. The lowest BCUT2D eigenvalue weighted by Crippen LogP contribution is -2.02. The van der Waals surface area contributed by atoms with Crippen LogP contribution in [0.25, 0.3) is 5.57 Å². The van der Waals surface area contributed by atoms with Gasteiger partial charge in [0.15, 0.2) is 11.5 Å². The molecule has 0 aliphatic rings. The van der Waals surface area contributed by atoms with Gasteiger partial charge in [0.05, 0.1) is 40.6 Å². The van der Waals surface area contributed by atoms with Gasteiger partial charge in [-0.2, -0.15) is 0 Å². The molecular weight excluding hydrogens is 408 g/mol. The van der Waals surface area contributed by atoms with Gasteiger partial charge < -0.3 is 23.7 Å². The summed E-state index contributed by atoms with van der Waals surface area (Å²) in [4.78, 5) is 11.4. The number of unbranched alkanes of at least 4 members (excludes halogenated alkanes) is 1. The summed E-state index contributed by atoms with van der Waals surface area (Å²) in [6.07, 6.45) is 1.59. The third-order valence-electron chi connectivity index (χ3n) is 4.77. The Morgan fingerprint density at radius 2 is 1.56 bits per heavy atom. The van der Waals surface area contributed by atoms with Crippen LogP contribution >= 0.6 is 0 Å². The van der Waals surface area contributed by atoms with E-state index < -0.39 is 0 Å². The molecule has 0 amide bonds. The number of hydrogen-bond acceptors (Lipinski definition) is 6. The average molecular weight is 439 g/mol. The molecule has 0 unspecified atom stereocenters. The van der Waals surface area contributed by atoms with Crippen LogP contribution in [0.2, 0.25) is 0 Å². The second-order valence-corrected chi connectivity index (χ2v) is 6.77. The van der Waals surface area contributed by atoms with E-state index in [1.807, 2.05) is 30.3 Å². The summed E-state index contributed by atoms with van der Waals surface area (Å²) < 4.78 is 26.7. The fourth-order valence-electron chi connectivity index (χ4n) is 3.13. The maximum Gasteiger partial charge on any atom is 0.305 e. The first kappa shape index (κ1) is 24.7. The molecule has 2 aromatic rings. The smallest absolute Gasteiger partial charge is 0.305 e. The summed E-state index contributed by atoms with van der Waals surface area (Å²) in [6.45, 7) is 6.44. The molecular formula is C26H30O6. The predicted octanol–water partition coefficient (Wildman–Crippen LogP) is 4.87. The first-order chi connectivity index (χ1) is 15.5. The molecule has 2 aromatic carbocycles. The zero-order valence-corrected chi connectivity index (χ0v) is 19.4. The van der Waals surface area contributed by atoms with E-state index in [0.717, 1.165) is 22.3 Å². The zero-order valence-electron chi connectivity index (χ0n) is 19.4. The molecule has 6 heteroatoms. The third-order valence-corrected chi connectivity index (χ3v) is 4.77. The summed E-state index contributed by atoms with van der Waals surface area (Å²) in [5.74, 6) is 8.35. The highest BCUT2D eigenvalue weighted by Crippen LogP contribution is 2.41. The summed E-state index contributed by atoms with van der Waals surface area (Å²) in [5.41, 5.74) is 3.24. The van der Waals surface area contributed by atoms with E-state index in [4.69, 9.17) is 23.7 Å². The topological polar surface area (TPSA) is 63.2 Å². The van der Waals surface area contributed by atoms with E-state index in [0.29, 0.717) is 48.9 Å². The maximum atomic E-state index is 11.4. The summed E-state index contributed by atoms with van der Waals surface area (Å²) in [6, 6.07) is 9.43. The number of benzene rings is 2. The van der Waals surface area contributed by atoms with Gasteiger partial charge in [-0.3, -0.25) is 4.79 Å². The fourth-order valence-corrected chi connectivity index (χ4v) is 3.13. The minimum Gasteiger partial charge on any atom is -0.495 e. The number of rotatable bonds is 10. The van der Waals surface area contributed by atoms with Crippen molar-refractivity contribution in [2.24, 2.45) is 0 Å². The average Bonchev–Trinajstić information content (AvgIpc) is 2.82. The van der Waals surface area contributed by atoms with Crippen LogP contribution in [0.15, 0.2) is 36.9 Å². The molecule has 0 saturated heterocycles. The van der Waals surface area contributed by atoms with Crippen molar-refractivity contribution in [2.75, 3.05) is 35.0 Å². The van der Waals surface area contributed by atoms with Crippen LogP contribution in [0.5, 0.6) is 23.0 Å². The maximum absolute atomic E-state index is 11.4. The van der Waals surface area contributed by atoms with Crippen molar-refractivity contribution in [3.05, 3.63) is 53.6 Å². The van der Waals surface area contributed by atoms with Crippen LogP contribution in [0.3, 0.4) is 0 Å². The van der Waals surface area contributed by atoms with Crippen LogP contribution in [0, 0.1) is 11.8 Å². The van der Waals surface area contributed by atoms with Crippen molar-refractivity contribution < 1.29 is 28.5 Å². The lowest BCUT2D eigenvalue weighted by Gasteiger charge is -2.16. The number of ether oxygens (including phenoxy) is 5. The largest absolute Gasteiger partial charge is 0.495 e. The third kappa shape index (κ3) is 6.21. The van der Waals surface area contributed by atoms with Crippen LogP contribution in [-0.2, 0) is 9.53 Å². The van der Waals surface area contributed by atoms with Crippen LogP contribution in [0.1, 0.15) is 42.9 Å². The molecule has 32 heavy (non-hydrogen) atoms. The SMILES string of the molecule is C=C(c1ccc(OC)c(C#CCCCC(=O)OCC)c1)c1cc(OC)c(OC)c(OC)c1. The Kier molecular flexibility index (Phi) is 9.49. The predicted molar refractivity (Wildman–Crippen MR) is 125 cm³/mol. The number of esters is 1. The first-order valence-electron chi connectivity index (χ1n) is 10.3. The lowest BCUT2D eigenvalue weighted by molar-refractivity contribution is -0.143. The van der Waals surface area contributed by atoms with E-state index in [2.05, 4.69) is 18.4 Å². The molecule has 0 aromatic heterocycles. The standard InChI is InChI=1S/C26H30O6/c1-7-32-25(27)12-10-8-9-11-20-15-19(13-14-22(20)28-3)18(2)21-16-23(29-4)26(31-6)24(17-21)30-5/h13-17H,2,7-8,10,12H2,1,3-6H3. The Morgan fingerprint density at radius 1 is 0.906 bits per heavy atom. The van der Waals surface area contributed by atoms with Crippen LogP contribution in [0.4, 0.5) is 0 Å². The molecule has 0 aliphatic heterocycles. The molecule has 0 atom stereocenters. The monoisotopic (exact) mass is 438 g/mol. The van der Waals surface area contributed by atoms with Crippen molar-refractivity contribution in [3.8, 4) is 34.8 Å². The zero-order chi connectivity index (χ0) is 23.5. The molecule has 0 aliphatic carbocycles. The van der Waals surface area contributed by atoms with Gasteiger partial charge in [-0.1, -0.05) is 24.5 Å². The Bertz CT molecular complexity index is 988. The van der Waals surface area contributed by atoms with Crippen LogP contribution < -0.4 is 18.9 Å². The molecule has 0 radical (unpaired) electrons. The minimum atomic E-state index is -0.199. The highest BCUT2D eigenvalue weighted by molar-refractivity contribution is 5.81. The van der Waals surface area contributed by atoms with Gasteiger partial charge in [-0.05, 0) is 54.3 Å². The molecule has 2 rings (SSSR count). The van der Waals surface area contributed by atoms with Crippen molar-refractivity contribution in [1.82, 2.24) is 0 Å². The second-order valence-electron chi connectivity index (χ2n) is 6.77. The second kappa shape index (κ2) is 12.3. The number of carbonyl (C=O) groups excluding carboxylic acids is 1. The van der Waals surface area contributed by atoms with E-state index >= 15 is 0 Å². The molecule has 0 N–H and O–H groups in total. The number of hydrogen-bond donors (Lipinski definition) is 0. The van der Waals surface area contributed by atoms with E-state index in [-0.39, 0.29) is 5.97 Å². The summed E-state index contributed by atoms with van der Waals surface area (Å²) in [5, 5.41) is 0. The van der Waals surface area contributed by atoms with E-state index in [1.165, 1.54) is 0 Å². The van der Waals surface area contributed by atoms with Crippen LogP contribution in [-0.4, -0.2) is 41.0 Å². The van der Waals surface area contributed by atoms with Gasteiger partial charge in [-0.25, -0.2) is 0 Å². The van der Waals surface area contributed by atoms with Gasteiger partial charge in [-0.15, -0.1) is 0 Å². The fraction of sp³-hybridized carbons (Fsp3) is 0.346. The Balaban J connectivity index is 2.27. The molecule has 0 bridgehead atoms. The molecule has 0 fully saturated rings. The van der Waals surface area contributed by atoms with Gasteiger partial charge >= 0.3 is 5.97 Å². The summed E-state index contributed by atoms with van der Waals surface area (Å²) >= 11 is 0. The Labute approximate surface area is 190 Å². The number of carbonyl (C=O) groups is 1. The van der Waals surface area contributed by atoms with Crippen molar-refractivity contribution in [3.63, 3.8) is 0 Å². The van der Waals surface area contributed by atoms with Crippen molar-refractivity contribution in [2.45, 2.75) is 26.2 Å². The van der Waals surface area contributed by atoms with Crippen molar-refractivity contribution >= 4 is 11.5 Å². The molecule has 0 heterocycles. The Morgan fingerprint density at radius 3 is 2.12 bits per heavy atom. The van der Waals surface area contributed by atoms with Gasteiger partial charge in [0, 0.05) is 12.8 Å². The first-order valence-corrected chi connectivity index (χ1v) is 10.3. The van der Waals surface area contributed by atoms with Crippen molar-refractivity contribution in [1.29, 1.82) is 0 Å². The number of methoxy groups -OCH3 is 4. The highest BCUT2D eigenvalue weighted by Gasteiger charge is 2.16. The minimum absolute atomic E-state index is 0.199.